The molecule has 1 saturated heterocycles. The second-order valence-electron chi connectivity index (χ2n) is 7.06. The molecule has 0 bridgehead atoms. The highest BCUT2D eigenvalue weighted by Crippen LogP contribution is 2.72. The SMILES string of the molecule is CO[C@@H]1[C@H](O)[C@@H](COP(=O)(OC)OP(=O)(OC)OP(=O)(OC)OC)O[C@H]1n1cnc2c(=O)[nH]c(N)nc21. The zero-order valence-electron chi connectivity index (χ0n) is 20.1. The van der Waals surface area contributed by atoms with Crippen molar-refractivity contribution in [3.05, 3.63) is 16.7 Å². The molecule has 0 amide bonds. The number of aromatic nitrogens is 4. The van der Waals surface area contributed by atoms with E-state index in [9.17, 15) is 23.6 Å². The molecule has 0 saturated carbocycles. The molecule has 0 aromatic carbocycles. The van der Waals surface area contributed by atoms with Crippen LogP contribution in [-0.2, 0) is 54.4 Å². The first-order chi connectivity index (χ1) is 17.4. The van der Waals surface area contributed by atoms with Crippen LogP contribution in [0.3, 0.4) is 0 Å². The van der Waals surface area contributed by atoms with E-state index in [1.807, 2.05) is 0 Å². The molecule has 0 aliphatic carbocycles. The van der Waals surface area contributed by atoms with Crippen LogP contribution in [0.5, 0.6) is 0 Å². The largest absolute Gasteiger partial charge is 0.492 e. The number of aliphatic hydroxyl groups is 1. The molecule has 19 nitrogen and oxygen atoms in total. The summed E-state index contributed by atoms with van der Waals surface area (Å²) in [5, 5.41) is 10.7. The highest BCUT2D eigenvalue weighted by atomic mass is 31.3. The van der Waals surface area contributed by atoms with E-state index in [0.717, 1.165) is 28.4 Å². The standard InChI is InChI=1S/C15H26N5O14P3/c1-26-11-10(21)8(32-14(11)20-7-17-9-12(20)18-15(16)19-13(9)22)6-31-36(24,29-4)34-37(25,30-5)33-35(23,27-2)28-3/h7-8,10-11,14,21H,6H2,1-5H3,(H3,16,18,19,22)/t8-,10-,11-,14-,36?,37?/m1/s1. The van der Waals surface area contributed by atoms with Gasteiger partial charge in [-0.1, -0.05) is 0 Å². The Labute approximate surface area is 209 Å². The summed E-state index contributed by atoms with van der Waals surface area (Å²) in [6.45, 7) is -0.665. The first-order valence-electron chi connectivity index (χ1n) is 10.1. The Balaban J connectivity index is 1.79. The number of rotatable bonds is 13. The molecule has 210 valence electrons. The highest BCUT2D eigenvalue weighted by molar-refractivity contribution is 7.67. The molecule has 4 N–H and O–H groups in total. The van der Waals surface area contributed by atoms with Crippen molar-refractivity contribution in [3.8, 4) is 0 Å². The van der Waals surface area contributed by atoms with Gasteiger partial charge in [-0.05, 0) is 0 Å². The molecular formula is C15H26N5O14P3. The molecule has 22 heteroatoms. The molecule has 0 spiro atoms. The maximum absolute atomic E-state index is 13.0. The van der Waals surface area contributed by atoms with Gasteiger partial charge in [-0.25, -0.2) is 18.7 Å². The first kappa shape index (κ1) is 30.0. The number of nitrogens with one attached hydrogen (secondary N) is 1. The zero-order chi connectivity index (χ0) is 27.6. The van der Waals surface area contributed by atoms with Gasteiger partial charge in [0.05, 0.1) is 12.9 Å². The molecule has 1 aliphatic heterocycles. The van der Waals surface area contributed by atoms with E-state index >= 15 is 0 Å². The Morgan fingerprint density at radius 2 is 1.65 bits per heavy atom. The minimum atomic E-state index is -4.90. The average molecular weight is 593 g/mol. The number of H-pyrrole nitrogens is 1. The van der Waals surface area contributed by atoms with Crippen LogP contribution >= 0.6 is 23.5 Å². The van der Waals surface area contributed by atoms with E-state index in [4.69, 9.17) is 28.6 Å². The van der Waals surface area contributed by atoms with Crippen molar-refractivity contribution >= 4 is 40.6 Å². The summed E-state index contributed by atoms with van der Waals surface area (Å²) in [4.78, 5) is 22.4. The Morgan fingerprint density at radius 3 is 2.22 bits per heavy atom. The topological polar surface area (TPSA) is 244 Å². The number of nitrogens with zero attached hydrogens (tertiary/aromatic N) is 3. The van der Waals surface area contributed by atoms with Gasteiger partial charge in [0.1, 0.15) is 18.3 Å². The third kappa shape index (κ3) is 6.37. The van der Waals surface area contributed by atoms with Crippen molar-refractivity contribution in [3.63, 3.8) is 0 Å². The van der Waals surface area contributed by atoms with Crippen LogP contribution in [-0.4, -0.2) is 85.1 Å². The van der Waals surface area contributed by atoms with Crippen LogP contribution in [0.4, 0.5) is 5.95 Å². The number of aromatic amines is 1. The van der Waals surface area contributed by atoms with E-state index in [1.54, 1.807) is 0 Å². The fraction of sp³-hybridized carbons (Fsp3) is 0.667. The van der Waals surface area contributed by atoms with Crippen molar-refractivity contribution in [2.75, 3.05) is 47.9 Å². The second-order valence-corrected chi connectivity index (χ2v) is 12.8. The number of ether oxygens (including phenoxy) is 2. The Hall–Kier alpha value is -1.56. The lowest BCUT2D eigenvalue weighted by molar-refractivity contribution is -0.0581. The van der Waals surface area contributed by atoms with E-state index < -0.39 is 60.2 Å². The number of phosphoric acid groups is 3. The molecule has 2 aromatic rings. The molecule has 6 atom stereocenters. The quantitative estimate of drug-likeness (QED) is 0.273. The van der Waals surface area contributed by atoms with Gasteiger partial charge in [-0.2, -0.15) is 13.6 Å². The Bertz CT molecular complexity index is 1290. The van der Waals surface area contributed by atoms with Crippen LogP contribution in [0.2, 0.25) is 0 Å². The molecule has 2 aromatic heterocycles. The number of nitrogen functional groups attached to an aromatic ring is 1. The van der Waals surface area contributed by atoms with Gasteiger partial charge in [-0.3, -0.25) is 37.0 Å². The molecule has 2 unspecified atom stereocenters. The molecular weight excluding hydrogens is 567 g/mol. The van der Waals surface area contributed by atoms with Gasteiger partial charge < -0.3 is 20.3 Å². The van der Waals surface area contributed by atoms with Gasteiger partial charge in [-0.15, -0.1) is 0 Å². The summed E-state index contributed by atoms with van der Waals surface area (Å²) in [7, 11) is -9.17. The molecule has 0 radical (unpaired) electrons. The fourth-order valence-corrected chi connectivity index (χ4v) is 7.66. The third-order valence-electron chi connectivity index (χ3n) is 5.00. The van der Waals surface area contributed by atoms with Crippen molar-refractivity contribution in [2.45, 2.75) is 24.5 Å². The minimum absolute atomic E-state index is 0.0427. The average Bonchev–Trinajstić information content (AvgIpc) is 3.42. The normalized spacial score (nSPS) is 25.8. The maximum Gasteiger partial charge on any atom is 0.492 e. The molecule has 3 heterocycles. The number of anilines is 1. The van der Waals surface area contributed by atoms with Gasteiger partial charge in [0.25, 0.3) is 5.56 Å². The summed E-state index contributed by atoms with van der Waals surface area (Å²) in [5.41, 5.74) is 5.03. The molecule has 1 aliphatic rings. The predicted molar refractivity (Wildman–Crippen MR) is 122 cm³/mol. The number of phosphoric ester groups is 2. The highest BCUT2D eigenvalue weighted by Gasteiger charge is 2.49. The molecule has 3 rings (SSSR count). The fourth-order valence-electron chi connectivity index (χ4n) is 3.21. The lowest BCUT2D eigenvalue weighted by atomic mass is 10.1. The van der Waals surface area contributed by atoms with Crippen molar-refractivity contribution in [1.82, 2.24) is 19.5 Å². The van der Waals surface area contributed by atoms with Crippen LogP contribution in [0, 0.1) is 0 Å². The van der Waals surface area contributed by atoms with Crippen LogP contribution < -0.4 is 11.3 Å². The van der Waals surface area contributed by atoms with Gasteiger partial charge >= 0.3 is 23.5 Å². The summed E-state index contributed by atoms with van der Waals surface area (Å²) in [6, 6.07) is 0. The number of methoxy groups -OCH3 is 1. The summed E-state index contributed by atoms with van der Waals surface area (Å²) in [5.74, 6) is -0.180. The summed E-state index contributed by atoms with van der Waals surface area (Å²) in [6.07, 6.45) is -3.51. The number of fused-ring (bicyclic) bond motifs is 1. The van der Waals surface area contributed by atoms with E-state index in [2.05, 4.69) is 32.8 Å². The molecule has 1 fully saturated rings. The van der Waals surface area contributed by atoms with Crippen LogP contribution in [0.1, 0.15) is 6.23 Å². The van der Waals surface area contributed by atoms with Gasteiger partial charge in [0.2, 0.25) is 5.95 Å². The maximum atomic E-state index is 13.0. The predicted octanol–water partition coefficient (Wildman–Crippen LogP) is 0.935. The lowest BCUT2D eigenvalue weighted by Gasteiger charge is -2.24. The van der Waals surface area contributed by atoms with Crippen molar-refractivity contribution in [2.24, 2.45) is 0 Å². The second kappa shape index (κ2) is 11.7. The number of nitrogens with two attached hydrogens (primary N) is 1. The first-order valence-corrected chi connectivity index (χ1v) is 14.4. The van der Waals surface area contributed by atoms with E-state index in [0.29, 0.717) is 0 Å². The van der Waals surface area contributed by atoms with Gasteiger partial charge in [0, 0.05) is 35.5 Å². The summed E-state index contributed by atoms with van der Waals surface area (Å²) < 4.78 is 83.3. The van der Waals surface area contributed by atoms with E-state index in [1.165, 1.54) is 18.0 Å². The van der Waals surface area contributed by atoms with Gasteiger partial charge in [0.15, 0.2) is 17.4 Å². The minimum Gasteiger partial charge on any atom is -0.387 e. The smallest absolute Gasteiger partial charge is 0.387 e. The number of hydrogen-bond acceptors (Lipinski definition) is 17. The number of hydrogen-bond donors (Lipinski definition) is 3. The van der Waals surface area contributed by atoms with Crippen LogP contribution in [0.25, 0.3) is 11.2 Å². The molecule has 37 heavy (non-hydrogen) atoms. The Kier molecular flexibility index (Phi) is 9.46. The van der Waals surface area contributed by atoms with Crippen LogP contribution in [0.15, 0.2) is 11.1 Å². The van der Waals surface area contributed by atoms with Crippen molar-refractivity contribution in [1.29, 1.82) is 0 Å². The zero-order valence-corrected chi connectivity index (χ0v) is 22.8. The number of imidazole rings is 1. The summed E-state index contributed by atoms with van der Waals surface area (Å²) >= 11 is 0. The Morgan fingerprint density at radius 1 is 1.05 bits per heavy atom. The lowest BCUT2D eigenvalue weighted by Crippen LogP contribution is -2.35. The van der Waals surface area contributed by atoms with Crippen molar-refractivity contribution < 1.29 is 59.5 Å². The number of aliphatic hydroxyl groups excluding tert-OH is 1. The third-order valence-corrected chi connectivity index (χ3v) is 10.5. The van der Waals surface area contributed by atoms with E-state index in [-0.39, 0.29) is 17.1 Å². The monoisotopic (exact) mass is 593 g/mol.